The number of aromatic carboxylic acids is 1. The third-order valence-electron chi connectivity index (χ3n) is 5.17. The molecule has 4 rings (SSSR count). The Hall–Kier alpha value is -3.01. The van der Waals surface area contributed by atoms with E-state index in [-0.39, 0.29) is 41.8 Å². The molecule has 1 atom stereocenters. The van der Waals surface area contributed by atoms with Crippen LogP contribution in [0.4, 0.5) is 10.2 Å². The van der Waals surface area contributed by atoms with E-state index in [1.807, 2.05) is 0 Å². The van der Waals surface area contributed by atoms with E-state index in [1.165, 1.54) is 13.3 Å². The lowest BCUT2D eigenvalue weighted by atomic mass is 10.1. The number of nitrogens with zero attached hydrogens (tertiary/aromatic N) is 4. The fraction of sp³-hybridized carbons (Fsp3) is 0.474. The highest BCUT2D eigenvalue weighted by Crippen LogP contribution is 2.37. The van der Waals surface area contributed by atoms with Gasteiger partial charge in [0.1, 0.15) is 18.3 Å². The summed E-state index contributed by atoms with van der Waals surface area (Å²) in [5, 5.41) is 13.2. The monoisotopic (exact) mass is 405 g/mol. The molecule has 0 spiro atoms. The lowest BCUT2D eigenvalue weighted by Crippen LogP contribution is -2.26. The summed E-state index contributed by atoms with van der Waals surface area (Å²) in [6.07, 6.45) is 3.02. The molecular formula is C19H24FN5O4. The Morgan fingerprint density at radius 3 is 2.79 bits per heavy atom. The van der Waals surface area contributed by atoms with Crippen molar-refractivity contribution >= 4 is 28.5 Å². The van der Waals surface area contributed by atoms with Crippen LogP contribution in [0.25, 0.3) is 11.0 Å². The first-order chi connectivity index (χ1) is 13.4. The second kappa shape index (κ2) is 7.78. The molecule has 1 aliphatic heterocycles. The molecule has 156 valence electrons. The van der Waals surface area contributed by atoms with E-state index in [0.29, 0.717) is 25.3 Å². The molecule has 1 saturated carbocycles. The highest BCUT2D eigenvalue weighted by atomic mass is 19.1. The molecule has 2 aliphatic rings. The van der Waals surface area contributed by atoms with E-state index >= 15 is 0 Å². The number of hydrogen-bond donors (Lipinski definition) is 2. The smallest absolute Gasteiger partial charge is 0.341 e. The van der Waals surface area contributed by atoms with Crippen LogP contribution in [0.2, 0.25) is 0 Å². The quantitative estimate of drug-likeness (QED) is 0.724. The zero-order valence-electron chi connectivity index (χ0n) is 15.3. The minimum atomic E-state index is -1.34. The Morgan fingerprint density at radius 2 is 2.21 bits per heavy atom. The van der Waals surface area contributed by atoms with Crippen LogP contribution in [0.1, 0.15) is 36.7 Å². The summed E-state index contributed by atoms with van der Waals surface area (Å²) in [5.74, 6) is -2.03. The number of rotatable bonds is 5. The summed E-state index contributed by atoms with van der Waals surface area (Å²) in [6.45, 7) is 1.07. The van der Waals surface area contributed by atoms with Gasteiger partial charge in [-0.3, -0.25) is 4.79 Å². The van der Waals surface area contributed by atoms with Crippen LogP contribution < -0.4 is 16.1 Å². The summed E-state index contributed by atoms with van der Waals surface area (Å²) in [6, 6.07) is 1.14. The predicted octanol–water partition coefficient (Wildman–Crippen LogP) is 1.60. The maximum Gasteiger partial charge on any atom is 0.341 e. The molecule has 2 aromatic rings. The number of carbonyl (C=O) groups is 1. The minimum absolute atomic E-state index is 0. The van der Waals surface area contributed by atoms with Crippen LogP contribution in [-0.4, -0.2) is 53.1 Å². The van der Waals surface area contributed by atoms with Crippen LogP contribution in [0, 0.1) is 11.7 Å². The van der Waals surface area contributed by atoms with E-state index < -0.39 is 17.2 Å². The maximum atomic E-state index is 14.9. The van der Waals surface area contributed by atoms with Crippen LogP contribution >= 0.6 is 0 Å². The van der Waals surface area contributed by atoms with Gasteiger partial charge in [-0.25, -0.2) is 14.2 Å². The van der Waals surface area contributed by atoms with Gasteiger partial charge in [0.2, 0.25) is 5.43 Å². The van der Waals surface area contributed by atoms with Crippen molar-refractivity contribution in [3.05, 3.63) is 33.9 Å². The molecule has 1 unspecified atom stereocenters. The molecule has 10 heteroatoms. The summed E-state index contributed by atoms with van der Waals surface area (Å²) in [4.78, 5) is 34.9. The van der Waals surface area contributed by atoms with Crippen molar-refractivity contribution in [1.29, 1.82) is 0 Å². The van der Waals surface area contributed by atoms with Crippen molar-refractivity contribution in [2.75, 3.05) is 31.6 Å². The predicted molar refractivity (Wildman–Crippen MR) is 107 cm³/mol. The van der Waals surface area contributed by atoms with Crippen molar-refractivity contribution in [2.24, 2.45) is 16.8 Å². The number of carboxylic acid groups (broad SMARTS) is 1. The van der Waals surface area contributed by atoms with Gasteiger partial charge in [0.25, 0.3) is 0 Å². The van der Waals surface area contributed by atoms with Gasteiger partial charge in [-0.05, 0) is 18.9 Å². The molecule has 0 amide bonds. The fourth-order valence-corrected chi connectivity index (χ4v) is 3.60. The molecular weight excluding hydrogens is 381 g/mol. The Balaban J connectivity index is 0.00000240. The molecule has 9 nitrogen and oxygen atoms in total. The lowest BCUT2D eigenvalue weighted by Gasteiger charge is -2.19. The molecule has 0 aromatic carbocycles. The van der Waals surface area contributed by atoms with Gasteiger partial charge in [0.15, 0.2) is 11.6 Å². The van der Waals surface area contributed by atoms with Gasteiger partial charge in [-0.2, -0.15) is 0 Å². The van der Waals surface area contributed by atoms with Crippen LogP contribution in [0.3, 0.4) is 0 Å². The molecule has 0 radical (unpaired) electrons. The fourth-order valence-electron chi connectivity index (χ4n) is 3.60. The third-order valence-corrected chi connectivity index (χ3v) is 5.17. The number of hydrogen-bond acceptors (Lipinski definition) is 7. The molecule has 0 bridgehead atoms. The van der Waals surface area contributed by atoms with Gasteiger partial charge in [-0.15, -0.1) is 0 Å². The Kier molecular flexibility index (Phi) is 5.56. The van der Waals surface area contributed by atoms with Gasteiger partial charge in [0, 0.05) is 31.2 Å². The topological polar surface area (TPSA) is 123 Å². The van der Waals surface area contributed by atoms with Crippen molar-refractivity contribution in [1.82, 2.24) is 9.55 Å². The van der Waals surface area contributed by atoms with Crippen molar-refractivity contribution in [3.8, 4) is 0 Å². The van der Waals surface area contributed by atoms with Crippen molar-refractivity contribution in [2.45, 2.75) is 26.3 Å². The van der Waals surface area contributed by atoms with Gasteiger partial charge in [0.05, 0.1) is 17.6 Å². The summed E-state index contributed by atoms with van der Waals surface area (Å²) in [7, 11) is 1.44. The number of fused-ring (bicyclic) bond motifs is 1. The van der Waals surface area contributed by atoms with E-state index in [2.05, 4.69) is 10.1 Å². The SMILES string of the molecule is C.CON=C1CN(c2nc3c(cc2F)c(=O)c(C(=O)O)cn3C2CC2)CC1CN. The van der Waals surface area contributed by atoms with Crippen molar-refractivity contribution in [3.63, 3.8) is 0 Å². The average molecular weight is 405 g/mol. The van der Waals surface area contributed by atoms with Crippen molar-refractivity contribution < 1.29 is 19.1 Å². The molecule has 29 heavy (non-hydrogen) atoms. The zero-order valence-corrected chi connectivity index (χ0v) is 15.3. The Labute approximate surface area is 166 Å². The summed E-state index contributed by atoms with van der Waals surface area (Å²) in [5.41, 5.74) is 5.65. The van der Waals surface area contributed by atoms with Crippen LogP contribution in [0.5, 0.6) is 0 Å². The van der Waals surface area contributed by atoms with E-state index in [4.69, 9.17) is 10.6 Å². The van der Waals surface area contributed by atoms with Gasteiger partial charge < -0.3 is 25.1 Å². The Morgan fingerprint density at radius 1 is 1.48 bits per heavy atom. The highest BCUT2D eigenvalue weighted by Gasteiger charge is 2.33. The largest absolute Gasteiger partial charge is 0.477 e. The zero-order chi connectivity index (χ0) is 20.0. The third kappa shape index (κ3) is 3.55. The van der Waals surface area contributed by atoms with E-state index in [0.717, 1.165) is 18.9 Å². The molecule has 1 saturated heterocycles. The number of nitrogens with two attached hydrogens (primary N) is 1. The number of oxime groups is 1. The van der Waals surface area contributed by atoms with E-state index in [9.17, 15) is 19.1 Å². The normalized spacial score (nSPS) is 20.2. The number of carboxylic acids is 1. The molecule has 3 N–H and O–H groups in total. The number of pyridine rings is 2. The molecule has 2 fully saturated rings. The van der Waals surface area contributed by atoms with Crippen LogP contribution in [0.15, 0.2) is 22.2 Å². The molecule has 3 heterocycles. The maximum absolute atomic E-state index is 14.9. The number of aromatic nitrogens is 2. The molecule has 2 aromatic heterocycles. The molecule has 1 aliphatic carbocycles. The van der Waals surface area contributed by atoms with Gasteiger partial charge >= 0.3 is 5.97 Å². The standard InChI is InChI=1S/C18H20FN5O4.CH4/c1-28-22-14-8-23(6-9(14)5-20)17-13(19)4-11-15(25)12(18(26)27)7-24(10-2-3-10)16(11)21-17;/h4,7,9-10H,2-3,5-6,8,20H2,1H3,(H,26,27);1H4. The second-order valence-electron chi connectivity index (χ2n) is 7.06. The highest BCUT2D eigenvalue weighted by molar-refractivity contribution is 5.95. The Bertz CT molecular complexity index is 1050. The first-order valence-corrected chi connectivity index (χ1v) is 8.98. The lowest BCUT2D eigenvalue weighted by molar-refractivity contribution is 0.0695. The van der Waals surface area contributed by atoms with E-state index in [1.54, 1.807) is 9.47 Å². The number of anilines is 1. The first kappa shape index (κ1) is 20.7. The summed E-state index contributed by atoms with van der Waals surface area (Å²) >= 11 is 0. The first-order valence-electron chi connectivity index (χ1n) is 8.98. The second-order valence-corrected chi connectivity index (χ2v) is 7.06. The number of halogens is 1. The summed E-state index contributed by atoms with van der Waals surface area (Å²) < 4.78 is 16.5. The van der Waals surface area contributed by atoms with Crippen LogP contribution in [-0.2, 0) is 4.84 Å². The van der Waals surface area contributed by atoms with Gasteiger partial charge in [-0.1, -0.05) is 12.6 Å². The minimum Gasteiger partial charge on any atom is -0.477 e. The average Bonchev–Trinajstić information content (AvgIpc) is 3.42.